The second kappa shape index (κ2) is 8.02. The molecular formula is C7H14OS. The van der Waals surface area contributed by atoms with E-state index in [0.29, 0.717) is 0 Å². The molecule has 54 valence electrons. The van der Waals surface area contributed by atoms with Crippen molar-refractivity contribution in [2.75, 3.05) is 12.0 Å². The third-order valence-corrected chi connectivity index (χ3v) is 1.87. The summed E-state index contributed by atoms with van der Waals surface area (Å²) in [5, 5.41) is 0. The number of aldehydes is 1. The van der Waals surface area contributed by atoms with Crippen molar-refractivity contribution in [1.29, 1.82) is 0 Å². The average Bonchev–Trinajstić information content (AvgIpc) is 1.89. The van der Waals surface area contributed by atoms with Crippen molar-refractivity contribution in [1.82, 2.24) is 0 Å². The molecule has 0 unspecified atom stereocenters. The van der Waals surface area contributed by atoms with Gasteiger partial charge in [-0.2, -0.15) is 11.8 Å². The monoisotopic (exact) mass is 146 g/mol. The van der Waals surface area contributed by atoms with Gasteiger partial charge in [0.05, 0.1) is 0 Å². The molecule has 0 atom stereocenters. The van der Waals surface area contributed by atoms with Gasteiger partial charge < -0.3 is 4.79 Å². The van der Waals surface area contributed by atoms with Crippen molar-refractivity contribution in [3.8, 4) is 0 Å². The first-order valence-electron chi connectivity index (χ1n) is 3.34. The molecule has 0 aliphatic rings. The van der Waals surface area contributed by atoms with Crippen molar-refractivity contribution in [2.24, 2.45) is 0 Å². The van der Waals surface area contributed by atoms with Gasteiger partial charge in [0.15, 0.2) is 0 Å². The summed E-state index contributed by atoms with van der Waals surface area (Å²) in [6.45, 7) is 0. The molecule has 0 bridgehead atoms. The molecule has 0 saturated heterocycles. The van der Waals surface area contributed by atoms with Crippen LogP contribution in [0.1, 0.15) is 25.7 Å². The van der Waals surface area contributed by atoms with Crippen molar-refractivity contribution >= 4 is 18.0 Å². The molecule has 0 saturated carbocycles. The maximum Gasteiger partial charge on any atom is 0.119 e. The number of carbonyl (C=O) groups excluding carboxylic acids is 1. The molecule has 0 spiro atoms. The first kappa shape index (κ1) is 9.02. The maximum atomic E-state index is 9.83. The van der Waals surface area contributed by atoms with Crippen LogP contribution < -0.4 is 0 Å². The van der Waals surface area contributed by atoms with Crippen LogP contribution in [0.25, 0.3) is 0 Å². The lowest BCUT2D eigenvalue weighted by molar-refractivity contribution is -0.107. The Morgan fingerprint density at radius 2 is 2.11 bits per heavy atom. The SMILES string of the molecule is CSCCCCCC=O. The van der Waals surface area contributed by atoms with Crippen molar-refractivity contribution < 1.29 is 4.79 Å². The topological polar surface area (TPSA) is 17.1 Å². The van der Waals surface area contributed by atoms with E-state index in [1.165, 1.54) is 18.6 Å². The Morgan fingerprint density at radius 3 is 2.67 bits per heavy atom. The Kier molecular flexibility index (Phi) is 8.04. The van der Waals surface area contributed by atoms with E-state index >= 15 is 0 Å². The molecule has 0 aromatic rings. The van der Waals surface area contributed by atoms with Gasteiger partial charge in [0, 0.05) is 6.42 Å². The first-order valence-corrected chi connectivity index (χ1v) is 4.73. The van der Waals surface area contributed by atoms with E-state index in [-0.39, 0.29) is 0 Å². The van der Waals surface area contributed by atoms with Gasteiger partial charge in [-0.25, -0.2) is 0 Å². The Labute approximate surface area is 61.2 Å². The molecule has 0 aromatic heterocycles. The predicted molar refractivity (Wildman–Crippen MR) is 42.9 cm³/mol. The Morgan fingerprint density at radius 1 is 1.33 bits per heavy atom. The third-order valence-electron chi connectivity index (χ3n) is 1.17. The quantitative estimate of drug-likeness (QED) is 0.421. The molecule has 2 heteroatoms. The van der Waals surface area contributed by atoms with Crippen LogP contribution >= 0.6 is 11.8 Å². The lowest BCUT2D eigenvalue weighted by Gasteiger charge is -1.93. The minimum Gasteiger partial charge on any atom is -0.303 e. The van der Waals surface area contributed by atoms with Crippen LogP contribution in [0, 0.1) is 0 Å². The molecular weight excluding hydrogens is 132 g/mol. The van der Waals surface area contributed by atoms with Crippen LogP contribution in [-0.2, 0) is 4.79 Å². The van der Waals surface area contributed by atoms with Crippen LogP contribution in [0.3, 0.4) is 0 Å². The van der Waals surface area contributed by atoms with E-state index in [2.05, 4.69) is 6.26 Å². The summed E-state index contributed by atoms with van der Waals surface area (Å²) < 4.78 is 0. The zero-order valence-corrected chi connectivity index (χ0v) is 6.75. The molecule has 0 aliphatic carbocycles. The smallest absolute Gasteiger partial charge is 0.119 e. The van der Waals surface area contributed by atoms with Gasteiger partial charge in [-0.1, -0.05) is 6.42 Å². The zero-order chi connectivity index (χ0) is 6.95. The highest BCUT2D eigenvalue weighted by Gasteiger charge is 1.86. The number of unbranched alkanes of at least 4 members (excludes halogenated alkanes) is 3. The van der Waals surface area contributed by atoms with Gasteiger partial charge in [-0.15, -0.1) is 0 Å². The number of thioether (sulfide) groups is 1. The van der Waals surface area contributed by atoms with Crippen molar-refractivity contribution in [2.45, 2.75) is 25.7 Å². The fourth-order valence-electron chi connectivity index (χ4n) is 0.651. The van der Waals surface area contributed by atoms with Crippen molar-refractivity contribution in [3.05, 3.63) is 0 Å². The minimum atomic E-state index is 0.744. The molecule has 0 heterocycles. The van der Waals surface area contributed by atoms with E-state index in [0.717, 1.165) is 19.1 Å². The summed E-state index contributed by atoms with van der Waals surface area (Å²) in [5.41, 5.74) is 0. The van der Waals surface area contributed by atoms with Gasteiger partial charge in [0.1, 0.15) is 6.29 Å². The highest BCUT2D eigenvalue weighted by molar-refractivity contribution is 7.98. The van der Waals surface area contributed by atoms with Crippen LogP contribution in [-0.4, -0.2) is 18.3 Å². The number of rotatable bonds is 6. The molecule has 0 fully saturated rings. The van der Waals surface area contributed by atoms with Gasteiger partial charge in [-0.3, -0.25) is 0 Å². The first-order chi connectivity index (χ1) is 4.41. The Hall–Kier alpha value is 0.0200. The second-order valence-corrected chi connectivity index (χ2v) is 2.99. The predicted octanol–water partition coefficient (Wildman–Crippen LogP) is 2.11. The summed E-state index contributed by atoms with van der Waals surface area (Å²) in [6.07, 6.45) is 7.39. The summed E-state index contributed by atoms with van der Waals surface area (Å²) >= 11 is 1.87. The summed E-state index contributed by atoms with van der Waals surface area (Å²) in [7, 11) is 0. The van der Waals surface area contributed by atoms with Crippen LogP contribution in [0.15, 0.2) is 0 Å². The Bertz CT molecular complexity index is 63.9. The van der Waals surface area contributed by atoms with E-state index < -0.39 is 0 Å². The van der Waals surface area contributed by atoms with Crippen LogP contribution in [0.5, 0.6) is 0 Å². The van der Waals surface area contributed by atoms with E-state index in [1.54, 1.807) is 0 Å². The molecule has 0 N–H and O–H groups in total. The normalized spacial score (nSPS) is 9.44. The standard InChI is InChI=1S/C7H14OS/c1-9-7-5-3-2-4-6-8/h6H,2-5,7H2,1H3. The maximum absolute atomic E-state index is 9.83. The van der Waals surface area contributed by atoms with Crippen molar-refractivity contribution in [3.63, 3.8) is 0 Å². The molecule has 0 aromatic carbocycles. The second-order valence-electron chi connectivity index (χ2n) is 2.01. The molecule has 0 radical (unpaired) electrons. The van der Waals surface area contributed by atoms with E-state index in [4.69, 9.17) is 0 Å². The third kappa shape index (κ3) is 8.02. The lowest BCUT2D eigenvalue weighted by atomic mass is 10.2. The van der Waals surface area contributed by atoms with Gasteiger partial charge >= 0.3 is 0 Å². The van der Waals surface area contributed by atoms with Crippen LogP contribution in [0.4, 0.5) is 0 Å². The van der Waals surface area contributed by atoms with E-state index in [1.807, 2.05) is 11.8 Å². The number of carbonyl (C=O) groups is 1. The molecule has 0 aliphatic heterocycles. The summed E-state index contributed by atoms with van der Waals surface area (Å²) in [6, 6.07) is 0. The number of hydrogen-bond donors (Lipinski definition) is 0. The zero-order valence-electron chi connectivity index (χ0n) is 5.93. The minimum absolute atomic E-state index is 0.744. The molecule has 0 rings (SSSR count). The van der Waals surface area contributed by atoms with Gasteiger partial charge in [0.2, 0.25) is 0 Å². The molecule has 9 heavy (non-hydrogen) atoms. The van der Waals surface area contributed by atoms with E-state index in [9.17, 15) is 4.79 Å². The summed E-state index contributed by atoms with van der Waals surface area (Å²) in [4.78, 5) is 9.83. The lowest BCUT2D eigenvalue weighted by Crippen LogP contribution is -1.80. The number of hydrogen-bond acceptors (Lipinski definition) is 2. The Balaban J connectivity index is 2.66. The summed E-state index contributed by atoms with van der Waals surface area (Å²) in [5.74, 6) is 1.23. The van der Waals surface area contributed by atoms with Crippen LogP contribution in [0.2, 0.25) is 0 Å². The highest BCUT2D eigenvalue weighted by atomic mass is 32.2. The highest BCUT2D eigenvalue weighted by Crippen LogP contribution is 2.02. The fourth-order valence-corrected chi connectivity index (χ4v) is 1.14. The molecule has 0 amide bonds. The molecule has 1 nitrogen and oxygen atoms in total. The van der Waals surface area contributed by atoms with Gasteiger partial charge in [-0.05, 0) is 24.9 Å². The average molecular weight is 146 g/mol. The fraction of sp³-hybridized carbons (Fsp3) is 0.857. The largest absolute Gasteiger partial charge is 0.303 e. The van der Waals surface area contributed by atoms with Gasteiger partial charge in [0.25, 0.3) is 0 Å².